The molecule has 0 fully saturated rings. The van der Waals surface area contributed by atoms with Crippen molar-refractivity contribution in [1.29, 1.82) is 0 Å². The van der Waals surface area contributed by atoms with Crippen molar-refractivity contribution in [3.8, 4) is 11.1 Å². The summed E-state index contributed by atoms with van der Waals surface area (Å²) in [4.78, 5) is 2.69. The van der Waals surface area contributed by atoms with Crippen LogP contribution in [0.4, 0.5) is 0 Å². The van der Waals surface area contributed by atoms with Gasteiger partial charge >= 0.3 is 0 Å². The van der Waals surface area contributed by atoms with Crippen LogP contribution in [-0.2, 0) is 0 Å². The number of azide groups is 1. The SMILES string of the molecule is [N-]=[N+]=NCC=Cc1ccc(-c2ccccc2)cc1. The number of hydrogen-bond acceptors (Lipinski definition) is 1. The van der Waals surface area contributed by atoms with E-state index >= 15 is 0 Å². The molecule has 18 heavy (non-hydrogen) atoms. The summed E-state index contributed by atoms with van der Waals surface area (Å²) in [6.07, 6.45) is 3.79. The molecule has 0 amide bonds. The minimum Gasteiger partial charge on any atom is -0.0899 e. The molecule has 88 valence electrons. The van der Waals surface area contributed by atoms with Gasteiger partial charge in [-0.2, -0.15) is 0 Å². The van der Waals surface area contributed by atoms with Crippen molar-refractivity contribution in [3.05, 3.63) is 76.7 Å². The third-order valence-electron chi connectivity index (χ3n) is 2.58. The molecule has 3 heteroatoms. The second-order valence-electron chi connectivity index (χ2n) is 3.80. The van der Waals surface area contributed by atoms with Gasteiger partial charge in [-0.3, -0.25) is 0 Å². The van der Waals surface area contributed by atoms with Crippen molar-refractivity contribution in [3.63, 3.8) is 0 Å². The molecular weight excluding hydrogens is 222 g/mol. The summed E-state index contributed by atoms with van der Waals surface area (Å²) in [5, 5.41) is 3.45. The lowest BCUT2D eigenvalue weighted by Gasteiger charge is -2.01. The zero-order valence-corrected chi connectivity index (χ0v) is 9.90. The van der Waals surface area contributed by atoms with E-state index in [1.807, 2.05) is 30.4 Å². The van der Waals surface area contributed by atoms with Gasteiger partial charge < -0.3 is 0 Å². The molecule has 0 saturated carbocycles. The van der Waals surface area contributed by atoms with Crippen LogP contribution in [0.15, 0.2) is 65.8 Å². The first-order chi connectivity index (χ1) is 8.90. The Hall–Kier alpha value is -2.51. The van der Waals surface area contributed by atoms with Gasteiger partial charge in [-0.25, -0.2) is 0 Å². The molecule has 3 nitrogen and oxygen atoms in total. The molecule has 0 aliphatic carbocycles. The van der Waals surface area contributed by atoms with Crippen LogP contribution < -0.4 is 0 Å². The van der Waals surface area contributed by atoms with E-state index in [1.54, 1.807) is 0 Å². The van der Waals surface area contributed by atoms with Gasteiger partial charge in [-0.1, -0.05) is 71.9 Å². The standard InChI is InChI=1S/C15H13N3/c16-18-17-12-4-5-13-8-10-15(11-9-13)14-6-2-1-3-7-14/h1-11H,12H2. The molecule has 0 saturated heterocycles. The van der Waals surface area contributed by atoms with Gasteiger partial charge in [0.05, 0.1) is 0 Å². The fourth-order valence-electron chi connectivity index (χ4n) is 1.69. The molecule has 0 aliphatic rings. The average molecular weight is 235 g/mol. The van der Waals surface area contributed by atoms with E-state index in [4.69, 9.17) is 5.53 Å². The Bertz CT molecular complexity index is 564. The largest absolute Gasteiger partial charge is 0.0899 e. The lowest BCUT2D eigenvalue weighted by Crippen LogP contribution is -1.78. The molecule has 0 N–H and O–H groups in total. The maximum Gasteiger partial charge on any atom is 0.0443 e. The van der Waals surface area contributed by atoms with E-state index in [-0.39, 0.29) is 0 Å². The monoisotopic (exact) mass is 235 g/mol. The van der Waals surface area contributed by atoms with E-state index in [0.717, 1.165) is 5.56 Å². The van der Waals surface area contributed by atoms with Gasteiger partial charge in [0, 0.05) is 11.5 Å². The smallest absolute Gasteiger partial charge is 0.0443 e. The van der Waals surface area contributed by atoms with Crippen LogP contribution in [0.2, 0.25) is 0 Å². The van der Waals surface area contributed by atoms with E-state index in [1.165, 1.54) is 11.1 Å². The van der Waals surface area contributed by atoms with Gasteiger partial charge in [-0.15, -0.1) is 0 Å². The maximum atomic E-state index is 8.15. The van der Waals surface area contributed by atoms with E-state index in [9.17, 15) is 0 Å². The summed E-state index contributed by atoms with van der Waals surface area (Å²) in [7, 11) is 0. The summed E-state index contributed by atoms with van der Waals surface area (Å²) in [6, 6.07) is 18.5. The van der Waals surface area contributed by atoms with Crippen LogP contribution in [0, 0.1) is 0 Å². The molecule has 0 heterocycles. The van der Waals surface area contributed by atoms with Crippen LogP contribution in [0.3, 0.4) is 0 Å². The Balaban J connectivity index is 2.11. The van der Waals surface area contributed by atoms with Crippen molar-refractivity contribution < 1.29 is 0 Å². The molecule has 0 aromatic heterocycles. The second kappa shape index (κ2) is 6.28. The molecule has 0 aliphatic heterocycles. The topological polar surface area (TPSA) is 48.8 Å². The highest BCUT2D eigenvalue weighted by atomic mass is 15.1. The predicted molar refractivity (Wildman–Crippen MR) is 74.9 cm³/mol. The molecular formula is C15H13N3. The van der Waals surface area contributed by atoms with E-state index < -0.39 is 0 Å². The average Bonchev–Trinajstić information content (AvgIpc) is 2.45. The van der Waals surface area contributed by atoms with Crippen LogP contribution in [0.1, 0.15) is 5.56 Å². The second-order valence-corrected chi connectivity index (χ2v) is 3.80. The Morgan fingerprint density at radius 1 is 0.944 bits per heavy atom. The molecule has 0 spiro atoms. The number of hydrogen-bond donors (Lipinski definition) is 0. The number of rotatable bonds is 4. The molecule has 0 unspecified atom stereocenters. The maximum absolute atomic E-state index is 8.15. The summed E-state index contributed by atoms with van der Waals surface area (Å²) in [5.74, 6) is 0. The van der Waals surface area contributed by atoms with E-state index in [2.05, 4.69) is 46.4 Å². The lowest BCUT2D eigenvalue weighted by atomic mass is 10.0. The third kappa shape index (κ3) is 3.24. The Labute approximate surface area is 106 Å². The summed E-state index contributed by atoms with van der Waals surface area (Å²) in [6.45, 7) is 0.386. The highest BCUT2D eigenvalue weighted by molar-refractivity contribution is 5.65. The highest BCUT2D eigenvalue weighted by Gasteiger charge is 1.95. The van der Waals surface area contributed by atoms with Gasteiger partial charge in [-0.05, 0) is 22.2 Å². The molecule has 2 aromatic carbocycles. The van der Waals surface area contributed by atoms with Crippen molar-refractivity contribution in [2.45, 2.75) is 0 Å². The van der Waals surface area contributed by atoms with Gasteiger partial charge in [0.25, 0.3) is 0 Å². The van der Waals surface area contributed by atoms with Crippen LogP contribution in [0.25, 0.3) is 27.6 Å². The number of benzene rings is 2. The lowest BCUT2D eigenvalue weighted by molar-refractivity contribution is 1.22. The van der Waals surface area contributed by atoms with Crippen molar-refractivity contribution in [2.24, 2.45) is 5.11 Å². The number of nitrogens with zero attached hydrogens (tertiary/aromatic N) is 3. The van der Waals surface area contributed by atoms with Crippen LogP contribution in [0.5, 0.6) is 0 Å². The Morgan fingerprint density at radius 2 is 1.61 bits per heavy atom. The van der Waals surface area contributed by atoms with Crippen LogP contribution in [-0.4, -0.2) is 6.54 Å². The normalized spacial score (nSPS) is 10.2. The minimum atomic E-state index is 0.386. The summed E-state index contributed by atoms with van der Waals surface area (Å²) < 4.78 is 0. The molecule has 0 radical (unpaired) electrons. The van der Waals surface area contributed by atoms with Crippen LogP contribution >= 0.6 is 0 Å². The van der Waals surface area contributed by atoms with E-state index in [0.29, 0.717) is 6.54 Å². The van der Waals surface area contributed by atoms with Crippen molar-refractivity contribution >= 4 is 6.08 Å². The molecule has 0 bridgehead atoms. The Kier molecular flexibility index (Phi) is 4.17. The summed E-state index contributed by atoms with van der Waals surface area (Å²) in [5.41, 5.74) is 11.7. The van der Waals surface area contributed by atoms with Gasteiger partial charge in [0.15, 0.2) is 0 Å². The highest BCUT2D eigenvalue weighted by Crippen LogP contribution is 2.19. The van der Waals surface area contributed by atoms with Crippen molar-refractivity contribution in [1.82, 2.24) is 0 Å². The summed E-state index contributed by atoms with van der Waals surface area (Å²) >= 11 is 0. The van der Waals surface area contributed by atoms with Gasteiger partial charge in [0.1, 0.15) is 0 Å². The first-order valence-corrected chi connectivity index (χ1v) is 5.73. The fraction of sp³-hybridized carbons (Fsp3) is 0.0667. The third-order valence-corrected chi connectivity index (χ3v) is 2.58. The first-order valence-electron chi connectivity index (χ1n) is 5.73. The fourth-order valence-corrected chi connectivity index (χ4v) is 1.69. The Morgan fingerprint density at radius 3 is 2.28 bits per heavy atom. The van der Waals surface area contributed by atoms with Crippen molar-refractivity contribution in [2.75, 3.05) is 6.54 Å². The first kappa shape index (κ1) is 12.0. The molecule has 2 aromatic rings. The zero-order chi connectivity index (χ0) is 12.6. The molecule has 2 rings (SSSR count). The molecule has 0 atom stereocenters. The minimum absolute atomic E-state index is 0.386. The predicted octanol–water partition coefficient (Wildman–Crippen LogP) is 4.68. The quantitative estimate of drug-likeness (QED) is 0.420. The zero-order valence-electron chi connectivity index (χ0n) is 9.90. The van der Waals surface area contributed by atoms with Gasteiger partial charge in [0.2, 0.25) is 0 Å².